The first-order valence-electron chi connectivity index (χ1n) is 13.9. The number of unbranched alkanes of at least 4 members (excludes halogenated alkanes) is 2. The van der Waals surface area contributed by atoms with Crippen molar-refractivity contribution in [1.82, 2.24) is 29.2 Å². The summed E-state index contributed by atoms with van der Waals surface area (Å²) in [6, 6.07) is 12.4. The molecule has 0 aliphatic carbocycles. The topological polar surface area (TPSA) is 84.1 Å². The molecule has 0 bridgehead atoms. The van der Waals surface area contributed by atoms with Crippen LogP contribution in [0, 0.1) is 6.92 Å². The highest BCUT2D eigenvalue weighted by Crippen LogP contribution is 2.23. The fraction of sp³-hybridized carbons (Fsp3) is 0.400. The summed E-state index contributed by atoms with van der Waals surface area (Å²) < 4.78 is 3.39. The Labute approximate surface area is 229 Å². The summed E-state index contributed by atoms with van der Waals surface area (Å²) in [5.41, 5.74) is 4.64. The molecule has 0 saturated carbocycles. The number of aryl methyl sites for hydroxylation is 2. The maximum absolute atomic E-state index is 13.3. The van der Waals surface area contributed by atoms with Crippen LogP contribution in [0.15, 0.2) is 60.0 Å². The van der Waals surface area contributed by atoms with Crippen molar-refractivity contribution in [3.8, 4) is 5.82 Å². The summed E-state index contributed by atoms with van der Waals surface area (Å²) in [6.45, 7) is 12.6. The van der Waals surface area contributed by atoms with Crippen LogP contribution in [0.2, 0.25) is 0 Å². The molecule has 5 rings (SSSR count). The highest BCUT2D eigenvalue weighted by molar-refractivity contribution is 5.77. The second-order valence-electron chi connectivity index (χ2n) is 10.3. The van der Waals surface area contributed by atoms with E-state index >= 15 is 0 Å². The fourth-order valence-corrected chi connectivity index (χ4v) is 5.08. The minimum atomic E-state index is -0.167. The molecule has 9 heteroatoms. The van der Waals surface area contributed by atoms with Crippen molar-refractivity contribution < 1.29 is 0 Å². The van der Waals surface area contributed by atoms with Crippen molar-refractivity contribution in [3.63, 3.8) is 0 Å². The smallest absolute Gasteiger partial charge is 0.278 e. The third kappa shape index (κ3) is 5.73. The molecular weight excluding hydrogens is 488 g/mol. The van der Waals surface area contributed by atoms with Gasteiger partial charge in [0.1, 0.15) is 5.39 Å². The van der Waals surface area contributed by atoms with E-state index < -0.39 is 0 Å². The molecule has 3 aromatic heterocycles. The SMILES string of the molecule is C=CCn1c(=O)c2cnc(Nc3ccc(N4CCN(C)CC4)cc3)nc2n1-c1ccc(CCCCC)c(C)n1. The average molecular weight is 527 g/mol. The molecule has 1 N–H and O–H groups in total. The second kappa shape index (κ2) is 11.8. The molecule has 1 saturated heterocycles. The Morgan fingerprint density at radius 2 is 1.79 bits per heavy atom. The first-order chi connectivity index (χ1) is 19.0. The van der Waals surface area contributed by atoms with Gasteiger partial charge in [-0.2, -0.15) is 4.98 Å². The van der Waals surface area contributed by atoms with Gasteiger partial charge < -0.3 is 15.1 Å². The van der Waals surface area contributed by atoms with Gasteiger partial charge >= 0.3 is 0 Å². The highest BCUT2D eigenvalue weighted by Gasteiger charge is 2.19. The van der Waals surface area contributed by atoms with Gasteiger partial charge in [0.25, 0.3) is 5.56 Å². The van der Waals surface area contributed by atoms with E-state index in [4.69, 9.17) is 9.97 Å². The average Bonchev–Trinajstić information content (AvgIpc) is 3.21. The standard InChI is InChI=1S/C30H38N8O/c1-5-7-8-9-23-10-15-27(32-22(23)3)38-28-26(29(39)37(38)16-6-2)21-31-30(34-28)33-24-11-13-25(14-12-24)36-19-17-35(4)18-20-36/h6,10-15,21H,2,5,7-9,16-20H2,1,3-4H3,(H,31,33,34). The Morgan fingerprint density at radius 3 is 2.49 bits per heavy atom. The van der Waals surface area contributed by atoms with Gasteiger partial charge in [-0.05, 0) is 62.7 Å². The van der Waals surface area contributed by atoms with Gasteiger partial charge in [0, 0.05) is 49.4 Å². The van der Waals surface area contributed by atoms with E-state index in [1.165, 1.54) is 24.1 Å². The van der Waals surface area contributed by atoms with Crippen LogP contribution < -0.4 is 15.8 Å². The van der Waals surface area contributed by atoms with E-state index in [2.05, 4.69) is 58.9 Å². The minimum absolute atomic E-state index is 0.167. The Bertz CT molecular complexity index is 1500. The number of rotatable bonds is 10. The summed E-state index contributed by atoms with van der Waals surface area (Å²) in [7, 11) is 2.16. The Morgan fingerprint density at radius 1 is 1.03 bits per heavy atom. The number of pyridine rings is 1. The lowest BCUT2D eigenvalue weighted by Gasteiger charge is -2.34. The zero-order valence-corrected chi connectivity index (χ0v) is 23.2. The maximum atomic E-state index is 13.3. The summed E-state index contributed by atoms with van der Waals surface area (Å²) in [5.74, 6) is 1.08. The Balaban J connectivity index is 1.45. The lowest BCUT2D eigenvalue weighted by molar-refractivity contribution is 0.313. The van der Waals surface area contributed by atoms with Crippen LogP contribution in [0.4, 0.5) is 17.3 Å². The molecule has 0 radical (unpaired) electrons. The van der Waals surface area contributed by atoms with Crippen molar-refractivity contribution >= 4 is 28.4 Å². The molecule has 39 heavy (non-hydrogen) atoms. The molecule has 9 nitrogen and oxygen atoms in total. The second-order valence-corrected chi connectivity index (χ2v) is 10.3. The third-order valence-electron chi connectivity index (χ3n) is 7.42. The number of hydrogen-bond donors (Lipinski definition) is 1. The van der Waals surface area contributed by atoms with Crippen LogP contribution in [0.25, 0.3) is 16.9 Å². The molecule has 1 aromatic carbocycles. The lowest BCUT2D eigenvalue weighted by Crippen LogP contribution is -2.44. The van der Waals surface area contributed by atoms with Crippen LogP contribution in [-0.4, -0.2) is 62.4 Å². The minimum Gasteiger partial charge on any atom is -0.369 e. The van der Waals surface area contributed by atoms with Crippen molar-refractivity contribution in [2.45, 2.75) is 46.1 Å². The number of aromatic nitrogens is 5. The van der Waals surface area contributed by atoms with Crippen molar-refractivity contribution in [2.75, 3.05) is 43.4 Å². The molecule has 0 atom stereocenters. The van der Waals surface area contributed by atoms with E-state index in [-0.39, 0.29) is 5.56 Å². The molecule has 0 amide bonds. The molecule has 1 fully saturated rings. The van der Waals surface area contributed by atoms with E-state index in [1.807, 2.05) is 25.1 Å². The number of anilines is 3. The van der Waals surface area contributed by atoms with Crippen molar-refractivity contribution in [2.24, 2.45) is 0 Å². The maximum Gasteiger partial charge on any atom is 0.278 e. The number of allylic oxidation sites excluding steroid dienone is 1. The number of nitrogens with one attached hydrogen (secondary N) is 1. The number of fused-ring (bicyclic) bond motifs is 1. The molecule has 204 valence electrons. The van der Waals surface area contributed by atoms with Gasteiger partial charge in [-0.3, -0.25) is 4.79 Å². The summed E-state index contributed by atoms with van der Waals surface area (Å²) in [4.78, 5) is 32.1. The van der Waals surface area contributed by atoms with Crippen molar-refractivity contribution in [1.29, 1.82) is 0 Å². The monoisotopic (exact) mass is 526 g/mol. The first-order valence-corrected chi connectivity index (χ1v) is 13.9. The van der Waals surface area contributed by atoms with Crippen molar-refractivity contribution in [3.05, 3.63) is 76.9 Å². The van der Waals surface area contributed by atoms with E-state index in [0.29, 0.717) is 29.3 Å². The number of likely N-dealkylation sites (N-methyl/N-ethyl adjacent to an activating group) is 1. The van der Waals surface area contributed by atoms with Gasteiger partial charge in [-0.25, -0.2) is 19.3 Å². The summed E-state index contributed by atoms with van der Waals surface area (Å²) >= 11 is 0. The van der Waals surface area contributed by atoms with E-state index in [9.17, 15) is 4.79 Å². The lowest BCUT2D eigenvalue weighted by atomic mass is 10.1. The van der Waals surface area contributed by atoms with Crippen LogP contribution in [-0.2, 0) is 13.0 Å². The number of piperazine rings is 1. The number of benzene rings is 1. The fourth-order valence-electron chi connectivity index (χ4n) is 5.08. The summed E-state index contributed by atoms with van der Waals surface area (Å²) in [6.07, 6.45) is 7.83. The Hall–Kier alpha value is -3.98. The molecular formula is C30H38N8O. The van der Waals surface area contributed by atoms with E-state index in [0.717, 1.165) is 50.4 Å². The quantitative estimate of drug-likeness (QED) is 0.237. The zero-order valence-electron chi connectivity index (χ0n) is 23.2. The molecule has 1 aliphatic rings. The van der Waals surface area contributed by atoms with Gasteiger partial charge in [0.05, 0.1) is 6.54 Å². The molecule has 4 aromatic rings. The molecule has 4 heterocycles. The third-order valence-corrected chi connectivity index (χ3v) is 7.42. The van der Waals surface area contributed by atoms with Crippen LogP contribution in [0.5, 0.6) is 0 Å². The van der Waals surface area contributed by atoms with Gasteiger partial charge in [0.2, 0.25) is 5.95 Å². The predicted molar refractivity (Wildman–Crippen MR) is 159 cm³/mol. The van der Waals surface area contributed by atoms with Crippen LogP contribution in [0.3, 0.4) is 0 Å². The Kier molecular flexibility index (Phi) is 8.07. The first kappa shape index (κ1) is 26.6. The van der Waals surface area contributed by atoms with Gasteiger partial charge in [-0.1, -0.05) is 31.9 Å². The van der Waals surface area contributed by atoms with Gasteiger partial charge in [0.15, 0.2) is 11.5 Å². The molecule has 1 aliphatic heterocycles. The van der Waals surface area contributed by atoms with Gasteiger partial charge in [-0.15, -0.1) is 6.58 Å². The normalized spacial score (nSPS) is 14.2. The largest absolute Gasteiger partial charge is 0.369 e. The number of hydrogen-bond acceptors (Lipinski definition) is 7. The summed E-state index contributed by atoms with van der Waals surface area (Å²) in [5, 5.41) is 3.75. The van der Waals surface area contributed by atoms with Crippen LogP contribution in [0.1, 0.15) is 37.4 Å². The molecule has 0 spiro atoms. The number of nitrogens with zero attached hydrogens (tertiary/aromatic N) is 7. The molecule has 0 unspecified atom stereocenters. The zero-order chi connectivity index (χ0) is 27.4. The van der Waals surface area contributed by atoms with Crippen LogP contribution >= 0.6 is 0 Å². The predicted octanol–water partition coefficient (Wildman–Crippen LogP) is 4.70. The highest BCUT2D eigenvalue weighted by atomic mass is 16.1. The van der Waals surface area contributed by atoms with E-state index in [1.54, 1.807) is 21.6 Å².